The molecular formula is C26H20F3N5O3S2. The number of nitrogens with zero attached hydrogens (tertiary/aromatic N) is 3. The van der Waals surface area contributed by atoms with Gasteiger partial charge in [0.1, 0.15) is 5.56 Å². The Morgan fingerprint density at radius 1 is 1.23 bits per heavy atom. The van der Waals surface area contributed by atoms with Crippen molar-refractivity contribution in [1.82, 2.24) is 19.6 Å². The van der Waals surface area contributed by atoms with Crippen LogP contribution in [0.15, 0.2) is 76.0 Å². The first-order valence-electron chi connectivity index (χ1n) is 11.2. The van der Waals surface area contributed by atoms with E-state index in [-0.39, 0.29) is 28.1 Å². The number of hydrogen-bond donors (Lipinski definition) is 2. The molecule has 0 fully saturated rings. The van der Waals surface area contributed by atoms with Crippen molar-refractivity contribution in [3.8, 4) is 22.5 Å². The van der Waals surface area contributed by atoms with Gasteiger partial charge in [-0.3, -0.25) is 14.2 Å². The summed E-state index contributed by atoms with van der Waals surface area (Å²) < 4.78 is 56.2. The molecule has 13 heteroatoms. The maximum atomic E-state index is 13.5. The van der Waals surface area contributed by atoms with Gasteiger partial charge in [0.25, 0.3) is 5.91 Å². The fourth-order valence-electron chi connectivity index (χ4n) is 3.83. The van der Waals surface area contributed by atoms with Gasteiger partial charge in [-0.2, -0.15) is 18.4 Å². The molecule has 0 saturated carbocycles. The number of nitrogens with one attached hydrogen (secondary N) is 2. The van der Waals surface area contributed by atoms with Crippen LogP contribution in [-0.4, -0.2) is 25.5 Å². The van der Waals surface area contributed by atoms with Gasteiger partial charge in [0.2, 0.25) is 5.43 Å². The highest BCUT2D eigenvalue weighted by Gasteiger charge is 2.31. The third kappa shape index (κ3) is 5.87. The molecule has 1 amide bonds. The second kappa shape index (κ2) is 10.8. The molecule has 2 N–H and O–H groups in total. The average Bonchev–Trinajstić information content (AvgIpc) is 3.42. The Hall–Kier alpha value is -4.41. The molecule has 0 aliphatic heterocycles. The number of halogens is 3. The van der Waals surface area contributed by atoms with Gasteiger partial charge in [-0.1, -0.05) is 24.3 Å². The first kappa shape index (κ1) is 27.6. The van der Waals surface area contributed by atoms with Crippen molar-refractivity contribution in [1.29, 1.82) is 5.26 Å². The Morgan fingerprint density at radius 3 is 2.56 bits per heavy atom. The van der Waals surface area contributed by atoms with Gasteiger partial charge >= 0.3 is 6.18 Å². The quantitative estimate of drug-likeness (QED) is 0.195. The molecule has 4 rings (SSSR count). The lowest BCUT2D eigenvalue weighted by atomic mass is 9.99. The van der Waals surface area contributed by atoms with E-state index in [1.54, 1.807) is 30.6 Å². The maximum Gasteiger partial charge on any atom is 0.416 e. The Balaban J connectivity index is 1.71. The number of aromatic nitrogens is 2. The summed E-state index contributed by atoms with van der Waals surface area (Å²) in [7, 11) is -3.00. The number of carbonyl (C=O) groups excluding carboxylic acids is 1. The Kier molecular flexibility index (Phi) is 7.62. The van der Waals surface area contributed by atoms with Crippen LogP contribution in [0.3, 0.4) is 0 Å². The molecule has 0 radical (unpaired) electrons. The van der Waals surface area contributed by atoms with Gasteiger partial charge < -0.3 is 5.32 Å². The third-order valence-corrected chi connectivity index (χ3v) is 7.99. The SMILES string of the molecule is C=S(=O)(NC#N)c1ccc(CNC(=O)c2cn(-c3nccs3)c(C)c(-c3cccc(C(F)(F)F)c3)c2=O)cc1. The molecule has 39 heavy (non-hydrogen) atoms. The predicted molar refractivity (Wildman–Crippen MR) is 143 cm³/mol. The highest BCUT2D eigenvalue weighted by Crippen LogP contribution is 2.32. The molecule has 2 aromatic heterocycles. The Morgan fingerprint density at radius 2 is 1.95 bits per heavy atom. The average molecular weight is 572 g/mol. The van der Waals surface area contributed by atoms with Gasteiger partial charge in [0.15, 0.2) is 11.3 Å². The van der Waals surface area contributed by atoms with Crippen LogP contribution in [0.1, 0.15) is 27.2 Å². The lowest BCUT2D eigenvalue weighted by Crippen LogP contribution is -2.30. The van der Waals surface area contributed by atoms with Gasteiger partial charge in [0.05, 0.1) is 20.2 Å². The summed E-state index contributed by atoms with van der Waals surface area (Å²) >= 11 is 1.23. The molecule has 0 spiro atoms. The minimum absolute atomic E-state index is 0.00736. The summed E-state index contributed by atoms with van der Waals surface area (Å²) in [5.41, 5.74) is -1.04. The van der Waals surface area contributed by atoms with E-state index in [9.17, 15) is 27.0 Å². The Labute approximate surface area is 225 Å². The fraction of sp³-hybridized carbons (Fsp3) is 0.115. The van der Waals surface area contributed by atoms with Gasteiger partial charge in [0, 0.05) is 35.6 Å². The summed E-state index contributed by atoms with van der Waals surface area (Å²) in [5.74, 6) is 2.75. The lowest BCUT2D eigenvalue weighted by Gasteiger charge is -2.16. The van der Waals surface area contributed by atoms with E-state index in [1.165, 1.54) is 52.6 Å². The molecule has 2 heterocycles. The second-order valence-corrected chi connectivity index (χ2v) is 11.2. The van der Waals surface area contributed by atoms with Crippen LogP contribution >= 0.6 is 11.3 Å². The largest absolute Gasteiger partial charge is 0.416 e. The van der Waals surface area contributed by atoms with Crippen LogP contribution in [0.5, 0.6) is 0 Å². The topological polar surface area (TPSA) is 117 Å². The minimum Gasteiger partial charge on any atom is -0.348 e. The molecule has 0 aliphatic carbocycles. The van der Waals surface area contributed by atoms with Crippen LogP contribution in [0.25, 0.3) is 16.3 Å². The number of hydrogen-bond acceptors (Lipinski definition) is 6. The fourth-order valence-corrected chi connectivity index (χ4v) is 5.34. The molecule has 2 aromatic carbocycles. The number of pyridine rings is 1. The van der Waals surface area contributed by atoms with Crippen molar-refractivity contribution in [3.63, 3.8) is 0 Å². The number of thiazole rings is 1. The summed E-state index contributed by atoms with van der Waals surface area (Å²) in [6.45, 7) is 1.57. The van der Waals surface area contributed by atoms with E-state index in [4.69, 9.17) is 5.26 Å². The van der Waals surface area contributed by atoms with Crippen molar-refractivity contribution in [2.75, 3.05) is 0 Å². The number of nitriles is 1. The molecule has 4 aromatic rings. The number of rotatable bonds is 7. The maximum absolute atomic E-state index is 13.5. The van der Waals surface area contributed by atoms with E-state index < -0.39 is 32.8 Å². The number of alkyl halides is 3. The summed E-state index contributed by atoms with van der Waals surface area (Å²) in [4.78, 5) is 31.2. The highest BCUT2D eigenvalue weighted by atomic mass is 32.2. The molecule has 200 valence electrons. The standard InChI is InChI=1S/C26H20F3N5O3S2/c1-16-22(18-4-3-5-19(12-18)26(27,28)29)23(35)21(14-34(16)25-31-10-11-38-25)24(36)32-13-17-6-8-20(9-7-17)39(2,37)33-15-30/h3-12,14H,2,13H2,1H3,(H,32,36)(H,33,37). The zero-order chi connectivity index (χ0) is 28.4. The van der Waals surface area contributed by atoms with Crippen LogP contribution in [0.2, 0.25) is 0 Å². The van der Waals surface area contributed by atoms with Crippen LogP contribution in [-0.2, 0) is 22.4 Å². The zero-order valence-corrected chi connectivity index (χ0v) is 21.9. The summed E-state index contributed by atoms with van der Waals surface area (Å²) in [6, 6.07) is 10.5. The molecular weight excluding hydrogens is 551 g/mol. The second-order valence-electron chi connectivity index (χ2n) is 8.31. The van der Waals surface area contributed by atoms with Crippen LogP contribution < -0.4 is 15.5 Å². The highest BCUT2D eigenvalue weighted by molar-refractivity contribution is 7.98. The molecule has 0 saturated heterocycles. The first-order chi connectivity index (χ1) is 18.4. The Bertz CT molecular complexity index is 1740. The van der Waals surface area contributed by atoms with Crippen molar-refractivity contribution in [2.24, 2.45) is 0 Å². The smallest absolute Gasteiger partial charge is 0.348 e. The van der Waals surface area contributed by atoms with E-state index in [2.05, 4.69) is 20.9 Å². The van der Waals surface area contributed by atoms with Crippen molar-refractivity contribution >= 4 is 32.8 Å². The van der Waals surface area contributed by atoms with Crippen LogP contribution in [0, 0.1) is 18.4 Å². The van der Waals surface area contributed by atoms with E-state index in [0.717, 1.165) is 12.1 Å². The predicted octanol–water partition coefficient (Wildman–Crippen LogP) is 4.28. The summed E-state index contributed by atoms with van der Waals surface area (Å²) in [5, 5.41) is 13.5. The van der Waals surface area contributed by atoms with Crippen LogP contribution in [0.4, 0.5) is 13.2 Å². The first-order valence-corrected chi connectivity index (χ1v) is 13.8. The molecule has 0 bridgehead atoms. The van der Waals surface area contributed by atoms with Crippen molar-refractivity contribution in [2.45, 2.75) is 24.5 Å². The van der Waals surface area contributed by atoms with Gasteiger partial charge in [-0.25, -0.2) is 13.9 Å². The molecule has 8 nitrogen and oxygen atoms in total. The summed E-state index contributed by atoms with van der Waals surface area (Å²) in [6.07, 6.45) is -0.177. The monoisotopic (exact) mass is 571 g/mol. The zero-order valence-electron chi connectivity index (χ0n) is 20.3. The number of benzene rings is 2. The van der Waals surface area contributed by atoms with Gasteiger partial charge in [-0.05, 0) is 48.2 Å². The normalized spacial score (nSPS) is 12.8. The van der Waals surface area contributed by atoms with E-state index in [1.807, 2.05) is 0 Å². The molecule has 1 atom stereocenters. The number of amides is 1. The van der Waals surface area contributed by atoms with Crippen molar-refractivity contribution in [3.05, 3.63) is 98.9 Å². The van der Waals surface area contributed by atoms with E-state index in [0.29, 0.717) is 16.4 Å². The van der Waals surface area contributed by atoms with Gasteiger partial charge in [-0.15, -0.1) is 11.3 Å². The van der Waals surface area contributed by atoms with E-state index >= 15 is 0 Å². The lowest BCUT2D eigenvalue weighted by molar-refractivity contribution is -0.137. The number of carbonyl (C=O) groups is 1. The molecule has 0 aliphatic rings. The molecule has 1 unspecified atom stereocenters. The third-order valence-electron chi connectivity index (χ3n) is 5.77. The minimum atomic E-state index is -4.62. The van der Waals surface area contributed by atoms with Crippen molar-refractivity contribution < 1.29 is 22.2 Å².